The van der Waals surface area contributed by atoms with Gasteiger partial charge in [0.15, 0.2) is 5.11 Å². The lowest BCUT2D eigenvalue weighted by Gasteiger charge is -2.15. The van der Waals surface area contributed by atoms with Crippen molar-refractivity contribution in [1.29, 1.82) is 0 Å². The summed E-state index contributed by atoms with van der Waals surface area (Å²) < 4.78 is 0. The maximum absolute atomic E-state index is 5.41. The molecule has 3 nitrogen and oxygen atoms in total. The van der Waals surface area contributed by atoms with Crippen LogP contribution in [0.15, 0.2) is 0 Å². The second-order valence-electron chi connectivity index (χ2n) is 3.72. The fourth-order valence-corrected chi connectivity index (χ4v) is 2.04. The summed E-state index contributed by atoms with van der Waals surface area (Å²) in [4.78, 5) is 2.54. The van der Waals surface area contributed by atoms with Gasteiger partial charge in [-0.05, 0) is 31.5 Å². The van der Waals surface area contributed by atoms with Crippen molar-refractivity contribution in [2.45, 2.75) is 31.3 Å². The van der Waals surface area contributed by atoms with Gasteiger partial charge >= 0.3 is 0 Å². The third kappa shape index (κ3) is 1.87. The number of nitrogens with one attached hydrogen (secondary N) is 1. The Hall–Kier alpha value is -0.350. The molecule has 2 rings (SSSR count). The van der Waals surface area contributed by atoms with Crippen molar-refractivity contribution in [2.24, 2.45) is 5.73 Å². The molecule has 0 aromatic heterocycles. The van der Waals surface area contributed by atoms with Gasteiger partial charge in [0.05, 0.1) is 0 Å². The van der Waals surface area contributed by atoms with Crippen LogP contribution in [0.1, 0.15) is 19.3 Å². The van der Waals surface area contributed by atoms with Crippen LogP contribution in [0, 0.1) is 0 Å². The van der Waals surface area contributed by atoms with E-state index in [4.69, 9.17) is 18.0 Å². The largest absolute Gasteiger partial charge is 0.376 e. The third-order valence-corrected chi connectivity index (χ3v) is 2.75. The highest BCUT2D eigenvalue weighted by molar-refractivity contribution is 7.80. The predicted molar refractivity (Wildman–Crippen MR) is 52.9 cm³/mol. The quantitative estimate of drug-likeness (QED) is 0.597. The van der Waals surface area contributed by atoms with Crippen molar-refractivity contribution < 1.29 is 0 Å². The van der Waals surface area contributed by atoms with Crippen LogP contribution in [0.4, 0.5) is 0 Å². The predicted octanol–water partition coefficient (Wildman–Crippen LogP) is 0.0563. The topological polar surface area (TPSA) is 41.3 Å². The van der Waals surface area contributed by atoms with Crippen molar-refractivity contribution in [3.05, 3.63) is 0 Å². The molecule has 0 amide bonds. The summed E-state index contributed by atoms with van der Waals surface area (Å²) in [6, 6.07) is 1.38. The molecule has 4 heteroatoms. The van der Waals surface area contributed by atoms with E-state index < -0.39 is 0 Å². The zero-order chi connectivity index (χ0) is 8.55. The fourth-order valence-electron chi connectivity index (χ4n) is 1.88. The minimum Gasteiger partial charge on any atom is -0.376 e. The second-order valence-corrected chi connectivity index (χ2v) is 4.16. The number of likely N-dealkylation sites (tertiary alicyclic amines) is 1. The van der Waals surface area contributed by atoms with E-state index in [9.17, 15) is 0 Å². The molecule has 1 saturated heterocycles. The molecule has 68 valence electrons. The highest BCUT2D eigenvalue weighted by atomic mass is 32.1. The van der Waals surface area contributed by atoms with Gasteiger partial charge in [0.1, 0.15) is 0 Å². The summed E-state index contributed by atoms with van der Waals surface area (Å²) in [7, 11) is 0. The molecule has 1 aliphatic heterocycles. The molecule has 12 heavy (non-hydrogen) atoms. The van der Waals surface area contributed by atoms with Crippen molar-refractivity contribution in [3.8, 4) is 0 Å². The first-order valence-electron chi connectivity index (χ1n) is 4.56. The lowest BCUT2D eigenvalue weighted by atomic mass is 10.3. The van der Waals surface area contributed by atoms with Crippen LogP contribution in [0.25, 0.3) is 0 Å². The molecule has 1 aliphatic carbocycles. The molecule has 1 atom stereocenters. The van der Waals surface area contributed by atoms with E-state index in [1.54, 1.807) is 0 Å². The summed E-state index contributed by atoms with van der Waals surface area (Å²) in [6.45, 7) is 2.34. The molecular formula is C8H15N3S. The van der Waals surface area contributed by atoms with Crippen LogP contribution in [0.2, 0.25) is 0 Å². The Morgan fingerprint density at radius 1 is 1.42 bits per heavy atom. The summed E-state index contributed by atoms with van der Waals surface area (Å²) in [6.07, 6.45) is 3.97. The minimum absolute atomic E-state index is 0.442. The Morgan fingerprint density at radius 3 is 2.75 bits per heavy atom. The smallest absolute Gasteiger partial charge is 0.163 e. The highest BCUT2D eigenvalue weighted by Gasteiger charge is 2.34. The number of hydrogen-bond donors (Lipinski definition) is 2. The molecule has 0 spiro atoms. The molecule has 0 bridgehead atoms. The summed E-state index contributed by atoms with van der Waals surface area (Å²) in [5, 5.41) is 3.56. The van der Waals surface area contributed by atoms with Gasteiger partial charge in [-0.3, -0.25) is 4.90 Å². The summed E-state index contributed by atoms with van der Waals surface area (Å²) in [5.41, 5.74) is 5.41. The summed E-state index contributed by atoms with van der Waals surface area (Å²) in [5.74, 6) is 0. The molecule has 0 radical (unpaired) electrons. The van der Waals surface area contributed by atoms with Crippen molar-refractivity contribution in [1.82, 2.24) is 10.2 Å². The van der Waals surface area contributed by atoms with E-state index in [0.29, 0.717) is 11.2 Å². The van der Waals surface area contributed by atoms with Crippen molar-refractivity contribution >= 4 is 17.3 Å². The van der Waals surface area contributed by atoms with E-state index in [2.05, 4.69) is 10.2 Å². The highest BCUT2D eigenvalue weighted by Crippen LogP contribution is 2.29. The van der Waals surface area contributed by atoms with E-state index >= 15 is 0 Å². The first kappa shape index (κ1) is 8.26. The van der Waals surface area contributed by atoms with Gasteiger partial charge in [0, 0.05) is 25.2 Å². The molecule has 3 N–H and O–H groups in total. The molecular weight excluding hydrogens is 170 g/mol. The maximum Gasteiger partial charge on any atom is 0.163 e. The Bertz CT molecular complexity index is 191. The fraction of sp³-hybridized carbons (Fsp3) is 0.875. The number of nitrogens with two attached hydrogens (primary N) is 1. The zero-order valence-electron chi connectivity index (χ0n) is 7.12. The third-order valence-electron chi connectivity index (χ3n) is 2.63. The number of rotatable bonds is 2. The van der Waals surface area contributed by atoms with E-state index in [1.165, 1.54) is 25.8 Å². The van der Waals surface area contributed by atoms with Gasteiger partial charge in [-0.2, -0.15) is 0 Å². The monoisotopic (exact) mass is 185 g/mol. The van der Waals surface area contributed by atoms with E-state index in [1.807, 2.05) is 0 Å². The molecule has 0 aromatic rings. The van der Waals surface area contributed by atoms with Crippen LogP contribution >= 0.6 is 12.2 Å². The molecule has 1 unspecified atom stereocenters. The molecule has 1 heterocycles. The standard InChI is InChI=1S/C8H15N3S/c9-8(12)10-6-3-4-11(5-6)7-1-2-7/h6-7H,1-5H2,(H3,9,10,12). The van der Waals surface area contributed by atoms with Gasteiger partial charge in [-0.25, -0.2) is 0 Å². The van der Waals surface area contributed by atoms with E-state index in [-0.39, 0.29) is 0 Å². The van der Waals surface area contributed by atoms with Crippen LogP contribution in [0.3, 0.4) is 0 Å². The normalized spacial score (nSPS) is 30.5. The van der Waals surface area contributed by atoms with Crippen molar-refractivity contribution in [2.75, 3.05) is 13.1 Å². The molecule has 2 aliphatic rings. The lowest BCUT2D eigenvalue weighted by molar-refractivity contribution is 0.322. The zero-order valence-corrected chi connectivity index (χ0v) is 7.94. The first-order chi connectivity index (χ1) is 5.75. The van der Waals surface area contributed by atoms with Crippen LogP contribution in [-0.2, 0) is 0 Å². The number of thiocarbonyl (C=S) groups is 1. The Kier molecular flexibility index (Phi) is 2.19. The summed E-state index contributed by atoms with van der Waals surface area (Å²) >= 11 is 4.80. The van der Waals surface area contributed by atoms with Crippen LogP contribution in [-0.4, -0.2) is 35.2 Å². The molecule has 0 aromatic carbocycles. The Morgan fingerprint density at radius 2 is 2.17 bits per heavy atom. The SMILES string of the molecule is NC(=S)NC1CCN(C2CC2)C1. The van der Waals surface area contributed by atoms with Crippen LogP contribution in [0.5, 0.6) is 0 Å². The van der Waals surface area contributed by atoms with Gasteiger partial charge in [0.2, 0.25) is 0 Å². The maximum atomic E-state index is 5.41. The average molecular weight is 185 g/mol. The Balaban J connectivity index is 1.77. The average Bonchev–Trinajstić information content (AvgIpc) is 2.73. The second kappa shape index (κ2) is 3.18. The van der Waals surface area contributed by atoms with Gasteiger partial charge in [-0.1, -0.05) is 0 Å². The first-order valence-corrected chi connectivity index (χ1v) is 4.96. The number of nitrogens with zero attached hydrogens (tertiary/aromatic N) is 1. The van der Waals surface area contributed by atoms with Gasteiger partial charge in [0.25, 0.3) is 0 Å². The Labute approximate surface area is 78.3 Å². The lowest BCUT2D eigenvalue weighted by Crippen LogP contribution is -2.40. The minimum atomic E-state index is 0.442. The molecule has 2 fully saturated rings. The van der Waals surface area contributed by atoms with Gasteiger partial charge < -0.3 is 11.1 Å². The van der Waals surface area contributed by atoms with Gasteiger partial charge in [-0.15, -0.1) is 0 Å². The van der Waals surface area contributed by atoms with Crippen molar-refractivity contribution in [3.63, 3.8) is 0 Å². The number of hydrogen-bond acceptors (Lipinski definition) is 2. The molecule has 1 saturated carbocycles. The van der Waals surface area contributed by atoms with Crippen LogP contribution < -0.4 is 11.1 Å². The van der Waals surface area contributed by atoms with E-state index in [0.717, 1.165) is 12.6 Å².